The summed E-state index contributed by atoms with van der Waals surface area (Å²) in [4.78, 5) is 0. The molecule has 1 aromatic carbocycles. The zero-order chi connectivity index (χ0) is 10.1. The van der Waals surface area contributed by atoms with Crippen molar-refractivity contribution in [3.63, 3.8) is 0 Å². The topological polar surface area (TPSA) is 24.1 Å². The zero-order valence-electron chi connectivity index (χ0n) is 9.09. The molecule has 0 saturated heterocycles. The fourth-order valence-electron chi connectivity index (χ4n) is 2.28. The average molecular weight is 190 g/mol. The molecule has 2 heteroatoms. The molecular weight excluding hydrogens is 172 g/mol. The van der Waals surface area contributed by atoms with Crippen molar-refractivity contribution >= 4 is 5.69 Å². The van der Waals surface area contributed by atoms with E-state index in [2.05, 4.69) is 42.7 Å². The Hall–Kier alpha value is -1.02. The second-order valence-corrected chi connectivity index (χ2v) is 4.10. The number of likely N-dealkylation sites (N-methyl/N-ethyl adjacent to an activating group) is 1. The maximum absolute atomic E-state index is 3.47. The normalized spacial score (nSPS) is 21.5. The number of hydrogen-bond donors (Lipinski definition) is 2. The summed E-state index contributed by atoms with van der Waals surface area (Å²) in [5, 5.41) is 6.80. The third kappa shape index (κ3) is 1.40. The van der Waals surface area contributed by atoms with Gasteiger partial charge in [0.15, 0.2) is 0 Å². The predicted molar refractivity (Wildman–Crippen MR) is 60.9 cm³/mol. The van der Waals surface area contributed by atoms with Crippen LogP contribution in [0.4, 0.5) is 5.69 Å². The first-order valence-corrected chi connectivity index (χ1v) is 5.24. The maximum Gasteiger partial charge on any atom is 0.0379 e. The van der Waals surface area contributed by atoms with Crippen molar-refractivity contribution in [1.82, 2.24) is 5.32 Å². The first-order valence-electron chi connectivity index (χ1n) is 5.24. The Balaban J connectivity index is 2.38. The highest BCUT2D eigenvalue weighted by atomic mass is 15.0. The summed E-state index contributed by atoms with van der Waals surface area (Å²) in [7, 11) is 2.03. The molecular formula is C12H18N2. The van der Waals surface area contributed by atoms with Gasteiger partial charge in [-0.25, -0.2) is 0 Å². The van der Waals surface area contributed by atoms with Crippen molar-refractivity contribution in [2.75, 3.05) is 18.9 Å². The molecule has 14 heavy (non-hydrogen) atoms. The molecule has 2 unspecified atom stereocenters. The van der Waals surface area contributed by atoms with Gasteiger partial charge in [-0.05, 0) is 38.1 Å². The Morgan fingerprint density at radius 2 is 2.29 bits per heavy atom. The Kier molecular flexibility index (Phi) is 2.46. The predicted octanol–water partition coefficient (Wildman–Crippen LogP) is 2.11. The van der Waals surface area contributed by atoms with Gasteiger partial charge in [-0.15, -0.1) is 0 Å². The van der Waals surface area contributed by atoms with Gasteiger partial charge in [0, 0.05) is 24.2 Å². The first kappa shape index (κ1) is 9.53. The largest absolute Gasteiger partial charge is 0.384 e. The van der Waals surface area contributed by atoms with Gasteiger partial charge in [-0.1, -0.05) is 12.1 Å². The van der Waals surface area contributed by atoms with Crippen LogP contribution in [0.1, 0.15) is 24.0 Å². The molecule has 1 aliphatic rings. The number of benzene rings is 1. The summed E-state index contributed by atoms with van der Waals surface area (Å²) >= 11 is 0. The van der Waals surface area contributed by atoms with Crippen LogP contribution < -0.4 is 10.6 Å². The summed E-state index contributed by atoms with van der Waals surface area (Å²) in [6.07, 6.45) is 0. The highest BCUT2D eigenvalue weighted by Gasteiger charge is 2.27. The number of nitrogens with one attached hydrogen (secondary N) is 2. The van der Waals surface area contributed by atoms with Crippen LogP contribution in [0.2, 0.25) is 0 Å². The number of rotatable bonds is 2. The number of aryl methyl sites for hydroxylation is 1. The van der Waals surface area contributed by atoms with Gasteiger partial charge in [0.1, 0.15) is 0 Å². The lowest BCUT2D eigenvalue weighted by molar-refractivity contribution is 0.521. The van der Waals surface area contributed by atoms with E-state index >= 15 is 0 Å². The van der Waals surface area contributed by atoms with Crippen molar-refractivity contribution in [2.45, 2.75) is 25.8 Å². The summed E-state index contributed by atoms with van der Waals surface area (Å²) < 4.78 is 0. The van der Waals surface area contributed by atoms with Crippen LogP contribution >= 0.6 is 0 Å². The fourth-order valence-corrected chi connectivity index (χ4v) is 2.28. The van der Waals surface area contributed by atoms with Crippen molar-refractivity contribution < 1.29 is 0 Å². The van der Waals surface area contributed by atoms with E-state index < -0.39 is 0 Å². The molecule has 2 atom stereocenters. The Labute approximate surface area is 85.7 Å². The lowest BCUT2D eigenvalue weighted by atomic mass is 9.91. The molecule has 2 rings (SSSR count). The van der Waals surface area contributed by atoms with Gasteiger partial charge in [0.05, 0.1) is 0 Å². The number of fused-ring (bicyclic) bond motifs is 1. The molecule has 0 radical (unpaired) electrons. The summed E-state index contributed by atoms with van der Waals surface area (Å²) in [6.45, 7) is 5.50. The quantitative estimate of drug-likeness (QED) is 0.746. The summed E-state index contributed by atoms with van der Waals surface area (Å²) in [6, 6.07) is 7.02. The number of anilines is 1. The molecule has 0 aliphatic carbocycles. The van der Waals surface area contributed by atoms with E-state index in [4.69, 9.17) is 0 Å². The Bertz CT molecular complexity index is 333. The highest BCUT2D eigenvalue weighted by Crippen LogP contribution is 2.35. The zero-order valence-corrected chi connectivity index (χ0v) is 9.09. The van der Waals surface area contributed by atoms with Crippen LogP contribution in [0.15, 0.2) is 18.2 Å². The van der Waals surface area contributed by atoms with E-state index in [1.807, 2.05) is 7.05 Å². The second-order valence-electron chi connectivity index (χ2n) is 4.10. The molecule has 2 nitrogen and oxygen atoms in total. The minimum absolute atomic E-state index is 0.532. The Morgan fingerprint density at radius 1 is 1.50 bits per heavy atom. The van der Waals surface area contributed by atoms with Crippen LogP contribution in [0.25, 0.3) is 0 Å². The molecule has 76 valence electrons. The highest BCUT2D eigenvalue weighted by molar-refractivity contribution is 5.61. The first-order chi connectivity index (χ1) is 6.74. The molecule has 0 aromatic heterocycles. The molecule has 0 fully saturated rings. The minimum atomic E-state index is 0.532. The number of hydrogen-bond acceptors (Lipinski definition) is 2. The third-order valence-electron chi connectivity index (χ3n) is 3.27. The molecule has 0 spiro atoms. The second kappa shape index (κ2) is 3.62. The average Bonchev–Trinajstić information content (AvgIpc) is 2.62. The van der Waals surface area contributed by atoms with E-state index in [0.717, 1.165) is 6.54 Å². The molecule has 1 heterocycles. The molecule has 2 N–H and O–H groups in total. The van der Waals surface area contributed by atoms with Crippen LogP contribution in [0.3, 0.4) is 0 Å². The maximum atomic E-state index is 3.47. The molecule has 1 aromatic rings. The smallest absolute Gasteiger partial charge is 0.0379 e. The molecule has 0 saturated carbocycles. The van der Waals surface area contributed by atoms with Crippen LogP contribution in [0, 0.1) is 6.92 Å². The van der Waals surface area contributed by atoms with E-state index in [1.54, 1.807) is 0 Å². The summed E-state index contributed by atoms with van der Waals surface area (Å²) in [5.41, 5.74) is 4.21. The van der Waals surface area contributed by atoms with Gasteiger partial charge < -0.3 is 10.6 Å². The van der Waals surface area contributed by atoms with Gasteiger partial charge in [0.25, 0.3) is 0 Å². The van der Waals surface area contributed by atoms with Crippen LogP contribution in [-0.2, 0) is 0 Å². The van der Waals surface area contributed by atoms with Gasteiger partial charge >= 0.3 is 0 Å². The van der Waals surface area contributed by atoms with E-state index in [-0.39, 0.29) is 0 Å². The van der Waals surface area contributed by atoms with Gasteiger partial charge in [-0.3, -0.25) is 0 Å². The lowest BCUT2D eigenvalue weighted by Gasteiger charge is -2.19. The van der Waals surface area contributed by atoms with Crippen molar-refractivity contribution in [1.29, 1.82) is 0 Å². The van der Waals surface area contributed by atoms with Crippen molar-refractivity contribution in [2.24, 2.45) is 0 Å². The lowest BCUT2D eigenvalue weighted by Crippen LogP contribution is -2.30. The minimum Gasteiger partial charge on any atom is -0.384 e. The summed E-state index contributed by atoms with van der Waals surface area (Å²) in [5.74, 6) is 0.608. The molecule has 0 amide bonds. The van der Waals surface area contributed by atoms with Crippen LogP contribution in [-0.4, -0.2) is 19.6 Å². The van der Waals surface area contributed by atoms with E-state index in [9.17, 15) is 0 Å². The van der Waals surface area contributed by atoms with E-state index in [0.29, 0.717) is 12.0 Å². The molecule has 0 bridgehead atoms. The molecule has 1 aliphatic heterocycles. The van der Waals surface area contributed by atoms with Crippen molar-refractivity contribution in [3.8, 4) is 0 Å². The van der Waals surface area contributed by atoms with Crippen LogP contribution in [0.5, 0.6) is 0 Å². The van der Waals surface area contributed by atoms with Crippen molar-refractivity contribution in [3.05, 3.63) is 29.3 Å². The third-order valence-corrected chi connectivity index (χ3v) is 3.27. The van der Waals surface area contributed by atoms with Gasteiger partial charge in [0.2, 0.25) is 0 Å². The van der Waals surface area contributed by atoms with Gasteiger partial charge in [-0.2, -0.15) is 0 Å². The fraction of sp³-hybridized carbons (Fsp3) is 0.500. The monoisotopic (exact) mass is 190 g/mol. The Morgan fingerprint density at radius 3 is 3.00 bits per heavy atom. The SMILES string of the molecule is CNC(C)C1CNc2cccc(C)c21. The standard InChI is InChI=1S/C12H18N2/c1-8-5-4-6-11-12(8)10(7-14-11)9(2)13-3/h4-6,9-10,13-14H,7H2,1-3H3. The van der Waals surface area contributed by atoms with E-state index in [1.165, 1.54) is 16.8 Å².